The first-order valence-electron chi connectivity index (χ1n) is 5.86. The van der Waals surface area contributed by atoms with Crippen LogP contribution in [0.4, 0.5) is 5.69 Å². The van der Waals surface area contributed by atoms with Crippen LogP contribution in [-0.4, -0.2) is 21.6 Å². The number of benzene rings is 1. The maximum atomic E-state index is 4.42. The van der Waals surface area contributed by atoms with Gasteiger partial charge in [0.25, 0.3) is 0 Å². The topological polar surface area (TPSA) is 42.7 Å². The van der Waals surface area contributed by atoms with Gasteiger partial charge in [0.05, 0.1) is 0 Å². The zero-order chi connectivity index (χ0) is 12.5. The predicted molar refractivity (Wildman–Crippen MR) is 73.1 cm³/mol. The zero-order valence-electron chi connectivity index (χ0n) is 10.4. The fourth-order valence-corrected chi connectivity index (χ4v) is 2.02. The van der Waals surface area contributed by atoms with Gasteiger partial charge in [0.2, 0.25) is 0 Å². The molecule has 4 heteroatoms. The fourth-order valence-electron chi connectivity index (χ4n) is 2.02. The summed E-state index contributed by atoms with van der Waals surface area (Å²) in [7, 11) is 1.91. The van der Waals surface area contributed by atoms with Crippen LogP contribution in [0.2, 0.25) is 0 Å². The summed E-state index contributed by atoms with van der Waals surface area (Å²) >= 11 is 0. The molecular weight excluding hydrogens is 224 g/mol. The van der Waals surface area contributed by atoms with Crippen LogP contribution in [0, 0.1) is 6.92 Å². The number of hydrogen-bond donors (Lipinski definition) is 1. The number of fused-ring (bicyclic) bond motifs is 1. The number of aromatic nitrogens is 3. The summed E-state index contributed by atoms with van der Waals surface area (Å²) in [6, 6.07) is 10.2. The van der Waals surface area contributed by atoms with Crippen LogP contribution >= 0.6 is 0 Å². The van der Waals surface area contributed by atoms with Crippen LogP contribution in [0.3, 0.4) is 0 Å². The molecule has 3 aromatic rings. The zero-order valence-corrected chi connectivity index (χ0v) is 10.4. The van der Waals surface area contributed by atoms with Crippen molar-refractivity contribution in [2.24, 2.45) is 0 Å². The maximum Gasteiger partial charge on any atom is 0.164 e. The average Bonchev–Trinajstić information content (AvgIpc) is 2.84. The van der Waals surface area contributed by atoms with Gasteiger partial charge in [-0.25, -0.2) is 9.97 Å². The van der Waals surface area contributed by atoms with E-state index in [4.69, 9.17) is 0 Å². The average molecular weight is 238 g/mol. The van der Waals surface area contributed by atoms with Gasteiger partial charge in [-0.1, -0.05) is 0 Å². The SMILES string of the molecule is CNc1ccc(-n2cnc3c(C)ccnc32)cc1. The lowest BCUT2D eigenvalue weighted by Crippen LogP contribution is -1.95. The van der Waals surface area contributed by atoms with Gasteiger partial charge in [-0.2, -0.15) is 0 Å². The van der Waals surface area contributed by atoms with E-state index in [-0.39, 0.29) is 0 Å². The smallest absolute Gasteiger partial charge is 0.164 e. The molecule has 0 saturated carbocycles. The van der Waals surface area contributed by atoms with Crippen LogP contribution in [-0.2, 0) is 0 Å². The van der Waals surface area contributed by atoms with E-state index in [1.165, 1.54) is 0 Å². The van der Waals surface area contributed by atoms with Crippen molar-refractivity contribution in [2.75, 3.05) is 12.4 Å². The quantitative estimate of drug-likeness (QED) is 0.746. The molecule has 0 radical (unpaired) electrons. The summed E-state index contributed by atoms with van der Waals surface area (Å²) in [6.45, 7) is 2.05. The molecule has 2 heterocycles. The van der Waals surface area contributed by atoms with E-state index < -0.39 is 0 Å². The van der Waals surface area contributed by atoms with E-state index in [2.05, 4.69) is 27.4 Å². The van der Waals surface area contributed by atoms with Gasteiger partial charge >= 0.3 is 0 Å². The molecule has 18 heavy (non-hydrogen) atoms. The van der Waals surface area contributed by atoms with Crippen LogP contribution in [0.1, 0.15) is 5.56 Å². The van der Waals surface area contributed by atoms with Crippen LogP contribution in [0.25, 0.3) is 16.9 Å². The molecule has 90 valence electrons. The van der Waals surface area contributed by atoms with E-state index in [1.54, 1.807) is 0 Å². The Labute approximate surface area is 105 Å². The largest absolute Gasteiger partial charge is 0.388 e. The number of anilines is 1. The number of nitrogens with one attached hydrogen (secondary N) is 1. The molecule has 0 aliphatic heterocycles. The maximum absolute atomic E-state index is 4.42. The number of nitrogens with zero attached hydrogens (tertiary/aromatic N) is 3. The Kier molecular flexibility index (Phi) is 2.48. The molecule has 1 aromatic carbocycles. The van der Waals surface area contributed by atoms with Crippen molar-refractivity contribution in [3.05, 3.63) is 48.4 Å². The van der Waals surface area contributed by atoms with E-state index >= 15 is 0 Å². The van der Waals surface area contributed by atoms with Gasteiger partial charge in [0.1, 0.15) is 11.8 Å². The van der Waals surface area contributed by atoms with Gasteiger partial charge < -0.3 is 5.32 Å². The molecule has 0 spiro atoms. The van der Waals surface area contributed by atoms with Crippen LogP contribution in [0.15, 0.2) is 42.9 Å². The Balaban J connectivity index is 2.16. The Morgan fingerprint density at radius 3 is 2.56 bits per heavy atom. The van der Waals surface area contributed by atoms with Crippen molar-refractivity contribution in [1.29, 1.82) is 0 Å². The number of rotatable bonds is 2. The second kappa shape index (κ2) is 4.14. The molecular formula is C14H14N4. The second-order valence-electron chi connectivity index (χ2n) is 4.21. The summed E-state index contributed by atoms with van der Waals surface area (Å²) < 4.78 is 2.00. The van der Waals surface area contributed by atoms with Crippen molar-refractivity contribution in [3.63, 3.8) is 0 Å². The van der Waals surface area contributed by atoms with Crippen molar-refractivity contribution >= 4 is 16.9 Å². The van der Waals surface area contributed by atoms with Gasteiger partial charge in [-0.05, 0) is 42.8 Å². The minimum absolute atomic E-state index is 0.896. The Morgan fingerprint density at radius 2 is 1.83 bits per heavy atom. The van der Waals surface area contributed by atoms with Crippen molar-refractivity contribution in [1.82, 2.24) is 14.5 Å². The number of pyridine rings is 1. The summed E-state index contributed by atoms with van der Waals surface area (Å²) in [5.74, 6) is 0. The van der Waals surface area contributed by atoms with Crippen molar-refractivity contribution in [2.45, 2.75) is 6.92 Å². The summed E-state index contributed by atoms with van der Waals surface area (Å²) in [6.07, 6.45) is 3.64. The lowest BCUT2D eigenvalue weighted by molar-refractivity contribution is 1.07. The molecule has 0 aliphatic rings. The molecule has 0 amide bonds. The number of imidazole rings is 1. The first kappa shape index (κ1) is 10.8. The highest BCUT2D eigenvalue weighted by atomic mass is 15.1. The van der Waals surface area contributed by atoms with E-state index in [1.807, 2.05) is 49.3 Å². The third kappa shape index (κ3) is 1.62. The molecule has 0 saturated heterocycles. The molecule has 3 rings (SSSR count). The van der Waals surface area contributed by atoms with Crippen LogP contribution in [0.5, 0.6) is 0 Å². The van der Waals surface area contributed by atoms with Gasteiger partial charge in [-0.3, -0.25) is 4.57 Å². The monoisotopic (exact) mass is 238 g/mol. The lowest BCUT2D eigenvalue weighted by atomic mass is 10.2. The molecule has 0 unspecified atom stereocenters. The highest BCUT2D eigenvalue weighted by Gasteiger charge is 2.07. The van der Waals surface area contributed by atoms with Gasteiger partial charge in [-0.15, -0.1) is 0 Å². The molecule has 0 fully saturated rings. The minimum Gasteiger partial charge on any atom is -0.388 e. The normalized spacial score (nSPS) is 10.8. The summed E-state index contributed by atoms with van der Waals surface area (Å²) in [5, 5.41) is 3.11. The predicted octanol–water partition coefficient (Wildman–Crippen LogP) is 2.77. The molecule has 4 nitrogen and oxygen atoms in total. The molecule has 0 bridgehead atoms. The summed E-state index contributed by atoms with van der Waals surface area (Å²) in [4.78, 5) is 8.83. The Hall–Kier alpha value is -2.36. The fraction of sp³-hybridized carbons (Fsp3) is 0.143. The van der Waals surface area contributed by atoms with Crippen molar-refractivity contribution in [3.8, 4) is 5.69 Å². The first-order chi connectivity index (χ1) is 8.79. The second-order valence-corrected chi connectivity index (χ2v) is 4.21. The first-order valence-corrected chi connectivity index (χ1v) is 5.86. The third-order valence-corrected chi connectivity index (χ3v) is 3.07. The standard InChI is InChI=1S/C14H14N4/c1-10-7-8-16-14-13(10)17-9-18(14)12-5-3-11(15-2)4-6-12/h3-9,15H,1-2H3. The van der Waals surface area contributed by atoms with Gasteiger partial charge in [0, 0.05) is 24.6 Å². The molecule has 0 atom stereocenters. The number of hydrogen-bond acceptors (Lipinski definition) is 3. The highest BCUT2D eigenvalue weighted by Crippen LogP contribution is 2.19. The lowest BCUT2D eigenvalue weighted by Gasteiger charge is -2.05. The highest BCUT2D eigenvalue weighted by molar-refractivity contribution is 5.76. The Bertz CT molecular complexity index is 683. The Morgan fingerprint density at radius 1 is 1.06 bits per heavy atom. The van der Waals surface area contributed by atoms with E-state index in [0.717, 1.165) is 28.1 Å². The van der Waals surface area contributed by atoms with Crippen LogP contribution < -0.4 is 5.32 Å². The van der Waals surface area contributed by atoms with Gasteiger partial charge in [0.15, 0.2) is 5.65 Å². The number of aryl methyl sites for hydroxylation is 1. The molecule has 2 aromatic heterocycles. The van der Waals surface area contributed by atoms with Crippen molar-refractivity contribution < 1.29 is 0 Å². The minimum atomic E-state index is 0.896. The molecule has 1 N–H and O–H groups in total. The molecule has 0 aliphatic carbocycles. The van der Waals surface area contributed by atoms with E-state index in [9.17, 15) is 0 Å². The van der Waals surface area contributed by atoms with E-state index in [0.29, 0.717) is 0 Å². The third-order valence-electron chi connectivity index (χ3n) is 3.07. The summed E-state index contributed by atoms with van der Waals surface area (Å²) in [5.41, 5.74) is 5.15.